The van der Waals surface area contributed by atoms with E-state index in [4.69, 9.17) is 4.74 Å². The van der Waals surface area contributed by atoms with Crippen LogP contribution in [0.2, 0.25) is 0 Å². The van der Waals surface area contributed by atoms with Gasteiger partial charge in [0.1, 0.15) is 5.82 Å². The summed E-state index contributed by atoms with van der Waals surface area (Å²) in [4.78, 5) is 25.0. The number of carbonyl (C=O) groups excluding carboxylic acids is 2. The number of halogens is 1. The third-order valence-corrected chi connectivity index (χ3v) is 3.36. The summed E-state index contributed by atoms with van der Waals surface area (Å²) in [6.07, 6.45) is 2.68. The van der Waals surface area contributed by atoms with Crippen LogP contribution in [-0.4, -0.2) is 51.8 Å². The van der Waals surface area contributed by atoms with Crippen molar-refractivity contribution < 1.29 is 23.5 Å². The molecule has 1 N–H and O–H groups in total. The van der Waals surface area contributed by atoms with Gasteiger partial charge in [-0.25, -0.2) is 9.18 Å². The minimum atomic E-state index is -0.500. The molecule has 0 aliphatic carbocycles. The number of rotatable bonds is 5. The summed E-state index contributed by atoms with van der Waals surface area (Å²) in [5, 5.41) is 2.59. The monoisotopic (exact) mass is 322 g/mol. The normalized spacial score (nSPS) is 14.8. The average Bonchev–Trinajstić information content (AvgIpc) is 2.58. The van der Waals surface area contributed by atoms with E-state index in [-0.39, 0.29) is 12.1 Å². The molecular formula is C16H19FN2O4. The summed E-state index contributed by atoms with van der Waals surface area (Å²) >= 11 is 0. The van der Waals surface area contributed by atoms with Crippen molar-refractivity contribution in [3.05, 3.63) is 41.7 Å². The number of carbonyl (C=O) groups is 2. The van der Waals surface area contributed by atoms with Crippen LogP contribution in [0.15, 0.2) is 30.4 Å². The summed E-state index contributed by atoms with van der Waals surface area (Å²) in [7, 11) is 1.27. The number of benzene rings is 1. The topological polar surface area (TPSA) is 67.9 Å². The zero-order valence-electron chi connectivity index (χ0n) is 12.9. The van der Waals surface area contributed by atoms with E-state index in [1.54, 1.807) is 6.07 Å². The lowest BCUT2D eigenvalue weighted by Gasteiger charge is -2.29. The van der Waals surface area contributed by atoms with E-state index in [1.807, 2.05) is 4.90 Å². The molecule has 124 valence electrons. The van der Waals surface area contributed by atoms with Crippen LogP contribution in [0.3, 0.4) is 0 Å². The second-order valence-corrected chi connectivity index (χ2v) is 4.93. The molecule has 7 heteroatoms. The van der Waals surface area contributed by atoms with Crippen molar-refractivity contribution in [2.24, 2.45) is 0 Å². The molecule has 23 heavy (non-hydrogen) atoms. The van der Waals surface area contributed by atoms with Gasteiger partial charge in [-0.05, 0) is 18.2 Å². The molecule has 0 atom stereocenters. The second-order valence-electron chi connectivity index (χ2n) is 4.93. The Morgan fingerprint density at radius 1 is 1.35 bits per heavy atom. The fourth-order valence-corrected chi connectivity index (χ4v) is 2.19. The second kappa shape index (κ2) is 8.28. The first-order valence-corrected chi connectivity index (χ1v) is 7.26. The first-order chi connectivity index (χ1) is 11.1. The number of ether oxygens (including phenoxy) is 2. The zero-order valence-corrected chi connectivity index (χ0v) is 12.9. The van der Waals surface area contributed by atoms with Crippen molar-refractivity contribution >= 4 is 17.6 Å². The molecule has 1 heterocycles. The summed E-state index contributed by atoms with van der Waals surface area (Å²) < 4.78 is 23.5. The SMILES string of the molecule is COC(=O)/C=C/CNC(=O)c1cc(F)cc(N2CCOCC2)c1. The van der Waals surface area contributed by atoms with Crippen molar-refractivity contribution in [2.45, 2.75) is 0 Å². The number of amides is 1. The quantitative estimate of drug-likeness (QED) is 0.650. The number of nitrogens with one attached hydrogen (secondary N) is 1. The van der Waals surface area contributed by atoms with Gasteiger partial charge >= 0.3 is 5.97 Å². The Hall–Kier alpha value is -2.41. The summed E-state index contributed by atoms with van der Waals surface area (Å²) in [6, 6.07) is 4.23. The van der Waals surface area contributed by atoms with Gasteiger partial charge in [0.25, 0.3) is 5.91 Å². The first-order valence-electron chi connectivity index (χ1n) is 7.26. The fourth-order valence-electron chi connectivity index (χ4n) is 2.19. The third-order valence-electron chi connectivity index (χ3n) is 3.36. The molecule has 0 saturated carbocycles. The fraction of sp³-hybridized carbons (Fsp3) is 0.375. The van der Waals surface area contributed by atoms with Gasteiger partial charge < -0.3 is 19.7 Å². The molecule has 1 saturated heterocycles. The van der Waals surface area contributed by atoms with E-state index in [2.05, 4.69) is 10.1 Å². The highest BCUT2D eigenvalue weighted by atomic mass is 19.1. The molecule has 1 aromatic carbocycles. The molecule has 0 unspecified atom stereocenters. The summed E-state index contributed by atoms with van der Waals surface area (Å²) in [6.45, 7) is 2.63. The Kier molecular flexibility index (Phi) is 6.10. The molecule has 1 amide bonds. The van der Waals surface area contributed by atoms with Gasteiger partial charge in [-0.2, -0.15) is 0 Å². The lowest BCUT2D eigenvalue weighted by atomic mass is 10.1. The Balaban J connectivity index is 2.00. The molecule has 1 aromatic rings. The molecule has 6 nitrogen and oxygen atoms in total. The number of methoxy groups -OCH3 is 1. The van der Waals surface area contributed by atoms with Crippen LogP contribution in [0.4, 0.5) is 10.1 Å². The lowest BCUT2D eigenvalue weighted by Crippen LogP contribution is -2.36. The van der Waals surface area contributed by atoms with Crippen LogP contribution < -0.4 is 10.2 Å². The molecule has 0 spiro atoms. The van der Waals surface area contributed by atoms with Gasteiger partial charge in [-0.3, -0.25) is 4.79 Å². The maximum absolute atomic E-state index is 13.8. The maximum Gasteiger partial charge on any atom is 0.330 e. The molecule has 1 fully saturated rings. The van der Waals surface area contributed by atoms with Crippen LogP contribution >= 0.6 is 0 Å². The van der Waals surface area contributed by atoms with Crippen molar-refractivity contribution in [1.29, 1.82) is 0 Å². The largest absolute Gasteiger partial charge is 0.466 e. The highest BCUT2D eigenvalue weighted by Crippen LogP contribution is 2.19. The first kappa shape index (κ1) is 17.0. The minimum Gasteiger partial charge on any atom is -0.466 e. The molecule has 1 aliphatic rings. The van der Waals surface area contributed by atoms with Gasteiger partial charge in [-0.1, -0.05) is 6.08 Å². The van der Waals surface area contributed by atoms with E-state index in [9.17, 15) is 14.0 Å². The number of anilines is 1. The summed E-state index contributed by atoms with van der Waals surface area (Å²) in [5.74, 6) is -1.38. The van der Waals surface area contributed by atoms with E-state index in [0.29, 0.717) is 32.0 Å². The number of hydrogen-bond acceptors (Lipinski definition) is 5. The van der Waals surface area contributed by atoms with Crippen molar-refractivity contribution in [3.63, 3.8) is 0 Å². The number of hydrogen-bond donors (Lipinski definition) is 1. The molecular weight excluding hydrogens is 303 g/mol. The maximum atomic E-state index is 13.8. The zero-order chi connectivity index (χ0) is 16.7. The standard InChI is InChI=1S/C16H19FN2O4/c1-22-15(20)3-2-4-18-16(21)12-9-13(17)11-14(10-12)19-5-7-23-8-6-19/h2-3,9-11H,4-8H2,1H3,(H,18,21)/b3-2+. The third kappa shape index (κ3) is 5.07. The van der Waals surface area contributed by atoms with Gasteiger partial charge in [0.15, 0.2) is 0 Å². The van der Waals surface area contributed by atoms with Gasteiger partial charge in [0.05, 0.1) is 20.3 Å². The minimum absolute atomic E-state index is 0.150. The van der Waals surface area contributed by atoms with Crippen LogP contribution in [-0.2, 0) is 14.3 Å². The average molecular weight is 322 g/mol. The lowest BCUT2D eigenvalue weighted by molar-refractivity contribution is -0.134. The molecule has 2 rings (SSSR count). The predicted octanol–water partition coefficient (Wildman–Crippen LogP) is 1.12. The molecule has 0 radical (unpaired) electrons. The van der Waals surface area contributed by atoms with Crippen molar-refractivity contribution in [3.8, 4) is 0 Å². The Morgan fingerprint density at radius 2 is 2.09 bits per heavy atom. The van der Waals surface area contributed by atoms with E-state index in [1.165, 1.54) is 31.4 Å². The van der Waals surface area contributed by atoms with Gasteiger partial charge in [0, 0.05) is 37.0 Å². The smallest absolute Gasteiger partial charge is 0.330 e. The molecule has 0 bridgehead atoms. The highest BCUT2D eigenvalue weighted by Gasteiger charge is 2.15. The van der Waals surface area contributed by atoms with E-state index >= 15 is 0 Å². The Morgan fingerprint density at radius 3 is 2.78 bits per heavy atom. The van der Waals surface area contributed by atoms with Crippen LogP contribution in [0.1, 0.15) is 10.4 Å². The summed E-state index contributed by atoms with van der Waals surface area (Å²) in [5.41, 5.74) is 0.890. The van der Waals surface area contributed by atoms with Crippen molar-refractivity contribution in [1.82, 2.24) is 5.32 Å². The molecule has 1 aliphatic heterocycles. The highest BCUT2D eigenvalue weighted by molar-refractivity contribution is 5.95. The van der Waals surface area contributed by atoms with Crippen LogP contribution in [0.25, 0.3) is 0 Å². The van der Waals surface area contributed by atoms with Crippen molar-refractivity contribution in [2.75, 3.05) is 44.9 Å². The van der Waals surface area contributed by atoms with Gasteiger partial charge in [0.2, 0.25) is 0 Å². The Labute approximate surface area is 133 Å². The van der Waals surface area contributed by atoms with E-state index < -0.39 is 17.7 Å². The predicted molar refractivity (Wildman–Crippen MR) is 82.9 cm³/mol. The van der Waals surface area contributed by atoms with Crippen LogP contribution in [0.5, 0.6) is 0 Å². The molecule has 0 aromatic heterocycles. The van der Waals surface area contributed by atoms with Gasteiger partial charge in [-0.15, -0.1) is 0 Å². The number of nitrogens with zero attached hydrogens (tertiary/aromatic N) is 1. The van der Waals surface area contributed by atoms with E-state index in [0.717, 1.165) is 0 Å². The Bertz CT molecular complexity index is 598. The number of esters is 1. The number of morpholine rings is 1. The van der Waals surface area contributed by atoms with Crippen LogP contribution in [0, 0.1) is 5.82 Å².